The van der Waals surface area contributed by atoms with E-state index in [2.05, 4.69) is 36.5 Å². The van der Waals surface area contributed by atoms with Crippen molar-refractivity contribution in [1.82, 2.24) is 10.2 Å². The molecule has 0 heterocycles. The topological polar surface area (TPSA) is 15.3 Å². The second kappa shape index (κ2) is 9.53. The van der Waals surface area contributed by atoms with Crippen LogP contribution in [-0.4, -0.2) is 38.1 Å². The summed E-state index contributed by atoms with van der Waals surface area (Å²) >= 11 is 0. The third kappa shape index (κ3) is 9.35. The normalized spacial score (nSPS) is 10.1. The molecule has 0 unspecified atom stereocenters. The van der Waals surface area contributed by atoms with Crippen LogP contribution >= 0.6 is 0 Å². The van der Waals surface area contributed by atoms with Gasteiger partial charge in [0.2, 0.25) is 0 Å². The average molecular weight is 182 g/mol. The van der Waals surface area contributed by atoms with Gasteiger partial charge >= 0.3 is 0 Å². The maximum atomic E-state index is 3.51. The van der Waals surface area contributed by atoms with Crippen LogP contribution in [0.25, 0.3) is 0 Å². The first kappa shape index (κ1) is 12.4. The van der Waals surface area contributed by atoms with E-state index < -0.39 is 0 Å². The highest BCUT2D eigenvalue weighted by Gasteiger charge is 1.93. The largest absolute Gasteiger partial charge is 0.315 e. The Kier molecular flexibility index (Phi) is 9.12. The summed E-state index contributed by atoms with van der Waals surface area (Å²) in [6, 6.07) is 0. The van der Waals surface area contributed by atoms with Crippen molar-refractivity contribution in [1.29, 1.82) is 0 Å². The van der Waals surface area contributed by atoms with Gasteiger partial charge in [0, 0.05) is 13.1 Å². The predicted octanol–water partition coefficient (Wildman–Crippen LogP) is 1.65. The molecule has 0 aliphatic rings. The Bertz CT molecular complexity index is 148. The van der Waals surface area contributed by atoms with E-state index in [1.54, 1.807) is 0 Å². The molecule has 0 atom stereocenters. The van der Waals surface area contributed by atoms with E-state index in [0.29, 0.717) is 0 Å². The number of hydrogen-bond donors (Lipinski definition) is 1. The van der Waals surface area contributed by atoms with Crippen molar-refractivity contribution in [3.8, 4) is 0 Å². The first-order chi connectivity index (χ1) is 6.31. The molecule has 0 bridgehead atoms. The minimum Gasteiger partial charge on any atom is -0.315 e. The lowest BCUT2D eigenvalue weighted by molar-refractivity contribution is 0.333. The number of rotatable bonds is 8. The molecule has 0 saturated heterocycles. The third-order valence-electron chi connectivity index (χ3n) is 1.89. The monoisotopic (exact) mass is 182 g/mol. The molecular weight excluding hydrogens is 160 g/mol. The zero-order valence-electron chi connectivity index (χ0n) is 8.97. The predicted molar refractivity (Wildman–Crippen MR) is 59.0 cm³/mol. The van der Waals surface area contributed by atoms with Gasteiger partial charge in [-0.15, -0.1) is 5.73 Å². The van der Waals surface area contributed by atoms with Crippen LogP contribution in [0.1, 0.15) is 19.8 Å². The van der Waals surface area contributed by atoms with Crippen LogP contribution < -0.4 is 5.32 Å². The van der Waals surface area contributed by atoms with Gasteiger partial charge in [-0.1, -0.05) is 13.5 Å². The fraction of sp³-hybridized carbons (Fsp3) is 0.727. The van der Waals surface area contributed by atoms with Crippen LogP contribution in [0.4, 0.5) is 0 Å². The number of hydrogen-bond acceptors (Lipinski definition) is 2. The van der Waals surface area contributed by atoms with Crippen molar-refractivity contribution < 1.29 is 0 Å². The summed E-state index contributed by atoms with van der Waals surface area (Å²) in [4.78, 5) is 2.34. The van der Waals surface area contributed by atoms with E-state index in [-0.39, 0.29) is 0 Å². The summed E-state index contributed by atoms with van der Waals surface area (Å²) < 4.78 is 0. The van der Waals surface area contributed by atoms with Crippen molar-refractivity contribution in [2.75, 3.05) is 33.2 Å². The van der Waals surface area contributed by atoms with Gasteiger partial charge in [-0.2, -0.15) is 0 Å². The third-order valence-corrected chi connectivity index (χ3v) is 1.89. The standard InChI is InChI=1S/C11H22N2/c1-4-6-7-8-12-9-11-13(3)10-5-2/h6,12H,1,5,7-11H2,2-3H3. The highest BCUT2D eigenvalue weighted by Crippen LogP contribution is 1.84. The first-order valence-electron chi connectivity index (χ1n) is 5.04. The van der Waals surface area contributed by atoms with E-state index in [1.807, 2.05) is 6.08 Å². The molecule has 13 heavy (non-hydrogen) atoms. The molecule has 0 spiro atoms. The molecule has 0 aliphatic heterocycles. The lowest BCUT2D eigenvalue weighted by Crippen LogP contribution is -2.30. The smallest absolute Gasteiger partial charge is 0.0104 e. The molecule has 1 N–H and O–H groups in total. The van der Waals surface area contributed by atoms with Gasteiger partial charge in [-0.3, -0.25) is 0 Å². The molecule has 0 saturated carbocycles. The molecule has 0 fully saturated rings. The average Bonchev–Trinajstić information content (AvgIpc) is 2.11. The van der Waals surface area contributed by atoms with E-state index in [0.717, 1.165) is 26.1 Å². The number of nitrogens with zero attached hydrogens (tertiary/aromatic N) is 1. The van der Waals surface area contributed by atoms with E-state index in [4.69, 9.17) is 0 Å². The quantitative estimate of drug-likeness (QED) is 0.453. The van der Waals surface area contributed by atoms with Crippen LogP contribution in [0.5, 0.6) is 0 Å². The Morgan fingerprint density at radius 3 is 2.77 bits per heavy atom. The Hall–Kier alpha value is -0.560. The molecule has 0 aliphatic carbocycles. The van der Waals surface area contributed by atoms with Crippen molar-refractivity contribution in [2.45, 2.75) is 19.8 Å². The van der Waals surface area contributed by atoms with Gasteiger partial charge in [0.25, 0.3) is 0 Å². The van der Waals surface area contributed by atoms with E-state index >= 15 is 0 Å². The first-order valence-corrected chi connectivity index (χ1v) is 5.04. The maximum absolute atomic E-state index is 3.51. The lowest BCUT2D eigenvalue weighted by atomic mass is 10.4. The van der Waals surface area contributed by atoms with Gasteiger partial charge < -0.3 is 10.2 Å². The molecule has 0 aromatic heterocycles. The van der Waals surface area contributed by atoms with Gasteiger partial charge in [0.15, 0.2) is 0 Å². The summed E-state index contributed by atoms with van der Waals surface area (Å²) in [6.07, 6.45) is 4.22. The molecule has 0 aromatic rings. The van der Waals surface area contributed by atoms with E-state index in [9.17, 15) is 0 Å². The molecule has 76 valence electrons. The van der Waals surface area contributed by atoms with Crippen molar-refractivity contribution in [3.05, 3.63) is 18.4 Å². The summed E-state index contributed by atoms with van der Waals surface area (Å²) in [6.45, 7) is 10.1. The second-order valence-electron chi connectivity index (χ2n) is 3.25. The van der Waals surface area contributed by atoms with E-state index in [1.165, 1.54) is 13.0 Å². The van der Waals surface area contributed by atoms with Gasteiger partial charge in [0.1, 0.15) is 0 Å². The van der Waals surface area contributed by atoms with Crippen LogP contribution in [0.2, 0.25) is 0 Å². The highest BCUT2D eigenvalue weighted by atomic mass is 15.1. The Labute approximate surface area is 82.3 Å². The molecule has 0 rings (SSSR count). The Morgan fingerprint density at radius 2 is 2.15 bits per heavy atom. The summed E-state index contributed by atoms with van der Waals surface area (Å²) in [5.41, 5.74) is 2.76. The SMILES string of the molecule is C=C=CCCNCCN(C)CCC. The van der Waals surface area contributed by atoms with Crippen molar-refractivity contribution in [3.63, 3.8) is 0 Å². The molecule has 0 radical (unpaired) electrons. The molecule has 0 aromatic carbocycles. The molecule has 2 nitrogen and oxygen atoms in total. The summed E-state index contributed by atoms with van der Waals surface area (Å²) in [5, 5.41) is 3.37. The van der Waals surface area contributed by atoms with Crippen LogP contribution in [-0.2, 0) is 0 Å². The fourth-order valence-corrected chi connectivity index (χ4v) is 1.16. The fourth-order valence-electron chi connectivity index (χ4n) is 1.16. The summed E-state index contributed by atoms with van der Waals surface area (Å²) in [7, 11) is 2.16. The minimum atomic E-state index is 1.03. The highest BCUT2D eigenvalue weighted by molar-refractivity contribution is 4.76. The van der Waals surface area contributed by atoms with Crippen molar-refractivity contribution in [2.24, 2.45) is 0 Å². The minimum absolute atomic E-state index is 1.03. The maximum Gasteiger partial charge on any atom is 0.0104 e. The molecule has 0 amide bonds. The number of nitrogens with one attached hydrogen (secondary N) is 1. The zero-order chi connectivity index (χ0) is 9.94. The number of likely N-dealkylation sites (N-methyl/N-ethyl adjacent to an activating group) is 1. The van der Waals surface area contributed by atoms with Crippen LogP contribution in [0, 0.1) is 0 Å². The molecule has 2 heteroatoms. The lowest BCUT2D eigenvalue weighted by Gasteiger charge is -2.15. The second-order valence-corrected chi connectivity index (χ2v) is 3.25. The van der Waals surface area contributed by atoms with Crippen LogP contribution in [0.3, 0.4) is 0 Å². The van der Waals surface area contributed by atoms with Crippen molar-refractivity contribution >= 4 is 0 Å². The van der Waals surface area contributed by atoms with Gasteiger partial charge in [-0.25, -0.2) is 0 Å². The Balaban J connectivity index is 3.10. The zero-order valence-corrected chi connectivity index (χ0v) is 8.97. The summed E-state index contributed by atoms with van der Waals surface area (Å²) in [5.74, 6) is 0. The van der Waals surface area contributed by atoms with Crippen LogP contribution in [0.15, 0.2) is 18.4 Å². The van der Waals surface area contributed by atoms with Gasteiger partial charge in [-0.05, 0) is 39.1 Å². The Morgan fingerprint density at radius 1 is 1.38 bits per heavy atom. The molecular formula is C11H22N2. The van der Waals surface area contributed by atoms with Gasteiger partial charge in [0.05, 0.1) is 0 Å².